The van der Waals surface area contributed by atoms with Crippen LogP contribution in [0.3, 0.4) is 0 Å². The Labute approximate surface area is 91.0 Å². The molecule has 2 aromatic rings. The Hall–Kier alpha value is -2.33. The van der Waals surface area contributed by atoms with Crippen LogP contribution in [0, 0.1) is 0 Å². The van der Waals surface area contributed by atoms with Gasteiger partial charge in [0.25, 0.3) is 0 Å². The fourth-order valence-corrected chi connectivity index (χ4v) is 1.67. The summed E-state index contributed by atoms with van der Waals surface area (Å²) in [6.07, 6.45) is 1.73. The third-order valence-electron chi connectivity index (χ3n) is 2.39. The zero-order valence-corrected chi connectivity index (χ0v) is 8.41. The summed E-state index contributed by atoms with van der Waals surface area (Å²) in [4.78, 5) is 2.65. The summed E-state index contributed by atoms with van der Waals surface area (Å²) in [5.41, 5.74) is 8.72. The first-order chi connectivity index (χ1) is 7.74. The van der Waals surface area contributed by atoms with Crippen LogP contribution < -0.4 is 0 Å². The highest BCUT2D eigenvalue weighted by atomic mass is 16.3. The quantitative estimate of drug-likeness (QED) is 0.358. The lowest BCUT2D eigenvalue weighted by Gasteiger charge is -2.05. The van der Waals surface area contributed by atoms with Gasteiger partial charge in [-0.05, 0) is 23.7 Å². The number of hydrogen-bond donors (Lipinski definition) is 2. The van der Waals surface area contributed by atoms with E-state index < -0.39 is 0 Å². The summed E-state index contributed by atoms with van der Waals surface area (Å²) in [7, 11) is 0. The van der Waals surface area contributed by atoms with Crippen molar-refractivity contribution in [2.24, 2.45) is 5.11 Å². The molecule has 1 aromatic heterocycles. The predicted molar refractivity (Wildman–Crippen MR) is 59.3 cm³/mol. The fraction of sp³-hybridized carbons (Fsp3) is 0.200. The molecule has 0 unspecified atom stereocenters. The Morgan fingerprint density at radius 3 is 2.75 bits per heavy atom. The van der Waals surface area contributed by atoms with E-state index in [1.165, 1.54) is 12.1 Å². The summed E-state index contributed by atoms with van der Waals surface area (Å²) in [5, 5.41) is 23.3. The van der Waals surface area contributed by atoms with Gasteiger partial charge in [-0.2, -0.15) is 0 Å². The monoisotopic (exact) mass is 218 g/mol. The van der Waals surface area contributed by atoms with Gasteiger partial charge in [-0.25, -0.2) is 0 Å². The first kappa shape index (κ1) is 10.2. The van der Waals surface area contributed by atoms with Gasteiger partial charge < -0.3 is 14.8 Å². The van der Waals surface area contributed by atoms with Crippen LogP contribution in [0.4, 0.5) is 0 Å². The maximum atomic E-state index is 9.69. The predicted octanol–water partition coefficient (Wildman–Crippen LogP) is 2.36. The molecule has 16 heavy (non-hydrogen) atoms. The van der Waals surface area contributed by atoms with Gasteiger partial charge in [-0.15, -0.1) is 0 Å². The molecule has 6 heteroatoms. The van der Waals surface area contributed by atoms with E-state index in [9.17, 15) is 10.2 Å². The van der Waals surface area contributed by atoms with Gasteiger partial charge in [-0.1, -0.05) is 5.11 Å². The van der Waals surface area contributed by atoms with Gasteiger partial charge in [0.2, 0.25) is 0 Å². The Morgan fingerprint density at radius 2 is 2.00 bits per heavy atom. The molecule has 0 atom stereocenters. The summed E-state index contributed by atoms with van der Waals surface area (Å²) < 4.78 is 1.74. The molecule has 2 rings (SSSR count). The van der Waals surface area contributed by atoms with E-state index in [1.807, 2.05) is 0 Å². The van der Waals surface area contributed by atoms with Gasteiger partial charge in [0, 0.05) is 29.6 Å². The van der Waals surface area contributed by atoms with Crippen LogP contribution in [0.2, 0.25) is 0 Å². The number of rotatable bonds is 3. The lowest BCUT2D eigenvalue weighted by atomic mass is 10.2. The number of hydrogen-bond acceptors (Lipinski definition) is 3. The van der Waals surface area contributed by atoms with Crippen molar-refractivity contribution in [3.63, 3.8) is 0 Å². The third-order valence-corrected chi connectivity index (χ3v) is 2.39. The first-order valence-electron chi connectivity index (χ1n) is 4.74. The third kappa shape index (κ3) is 1.62. The standard InChI is InChI=1S/C10H10N4O2/c11-13-12-4-6-14-5-3-7-8(15)1-2-9(16)10(7)14/h1-3,5,15-16H,4,6H2. The number of aromatic nitrogens is 1. The normalized spacial score (nSPS) is 10.2. The number of phenols is 2. The van der Waals surface area contributed by atoms with Crippen molar-refractivity contribution in [1.82, 2.24) is 4.57 Å². The molecule has 0 aliphatic heterocycles. The molecule has 0 aliphatic rings. The Morgan fingerprint density at radius 1 is 1.25 bits per heavy atom. The number of aromatic hydroxyl groups is 2. The molecule has 0 bridgehead atoms. The van der Waals surface area contributed by atoms with E-state index in [1.54, 1.807) is 16.8 Å². The Bertz CT molecular complexity index is 569. The van der Waals surface area contributed by atoms with Gasteiger partial charge in [0.15, 0.2) is 0 Å². The summed E-state index contributed by atoms with van der Waals surface area (Å²) in [6.45, 7) is 0.764. The Kier molecular flexibility index (Phi) is 2.57. The minimum Gasteiger partial charge on any atom is -0.507 e. The van der Waals surface area contributed by atoms with Crippen LogP contribution in [0.25, 0.3) is 21.3 Å². The van der Waals surface area contributed by atoms with E-state index in [0.717, 1.165) is 0 Å². The van der Waals surface area contributed by atoms with E-state index in [4.69, 9.17) is 5.53 Å². The molecule has 1 heterocycles. The minimum absolute atomic E-state index is 0.0961. The number of fused-ring (bicyclic) bond motifs is 1. The maximum absolute atomic E-state index is 9.69. The molecule has 0 saturated carbocycles. The van der Waals surface area contributed by atoms with Crippen molar-refractivity contribution in [2.45, 2.75) is 6.54 Å². The molecule has 0 amide bonds. The van der Waals surface area contributed by atoms with E-state index in [0.29, 0.717) is 24.0 Å². The second-order valence-corrected chi connectivity index (χ2v) is 3.33. The van der Waals surface area contributed by atoms with Crippen molar-refractivity contribution >= 4 is 10.9 Å². The van der Waals surface area contributed by atoms with E-state index >= 15 is 0 Å². The lowest BCUT2D eigenvalue weighted by molar-refractivity contribution is 0.467. The lowest BCUT2D eigenvalue weighted by Crippen LogP contribution is -1.98. The topological polar surface area (TPSA) is 94.2 Å². The fourth-order valence-electron chi connectivity index (χ4n) is 1.67. The largest absolute Gasteiger partial charge is 0.507 e. The van der Waals surface area contributed by atoms with Crippen LogP contribution in [0.5, 0.6) is 11.5 Å². The maximum Gasteiger partial charge on any atom is 0.140 e. The smallest absolute Gasteiger partial charge is 0.140 e. The molecule has 1 aromatic carbocycles. The van der Waals surface area contributed by atoms with Crippen LogP contribution in [-0.2, 0) is 6.54 Å². The number of nitrogens with zero attached hydrogens (tertiary/aromatic N) is 4. The summed E-state index contributed by atoms with van der Waals surface area (Å²) in [5.74, 6) is 0.217. The number of azide groups is 1. The summed E-state index contributed by atoms with van der Waals surface area (Å²) in [6, 6.07) is 4.58. The molecule has 2 N–H and O–H groups in total. The molecule has 0 fully saturated rings. The van der Waals surface area contributed by atoms with Crippen LogP contribution in [0.1, 0.15) is 0 Å². The molecule has 0 aliphatic carbocycles. The average molecular weight is 218 g/mol. The van der Waals surface area contributed by atoms with E-state index in [2.05, 4.69) is 10.0 Å². The number of phenolic OH excluding ortho intramolecular Hbond substituents is 2. The SMILES string of the molecule is [N-]=[N+]=NCCn1ccc2c(O)ccc(O)c21. The minimum atomic E-state index is 0.0961. The first-order valence-corrected chi connectivity index (χ1v) is 4.74. The zero-order valence-electron chi connectivity index (χ0n) is 8.41. The van der Waals surface area contributed by atoms with Crippen LogP contribution in [0.15, 0.2) is 29.5 Å². The van der Waals surface area contributed by atoms with Gasteiger partial charge in [0.1, 0.15) is 11.5 Å². The van der Waals surface area contributed by atoms with Crippen molar-refractivity contribution in [3.05, 3.63) is 34.8 Å². The van der Waals surface area contributed by atoms with Crippen molar-refractivity contribution < 1.29 is 10.2 Å². The van der Waals surface area contributed by atoms with Gasteiger partial charge in [-0.3, -0.25) is 0 Å². The molecular formula is C10H10N4O2. The average Bonchev–Trinajstić information content (AvgIpc) is 2.69. The highest BCUT2D eigenvalue weighted by Crippen LogP contribution is 2.32. The molecule has 0 saturated heterocycles. The highest BCUT2D eigenvalue weighted by molar-refractivity contribution is 5.90. The van der Waals surface area contributed by atoms with Crippen molar-refractivity contribution in [3.8, 4) is 11.5 Å². The molecule has 0 radical (unpaired) electrons. The molecule has 0 spiro atoms. The molecule has 82 valence electrons. The second-order valence-electron chi connectivity index (χ2n) is 3.33. The highest BCUT2D eigenvalue weighted by Gasteiger charge is 2.08. The zero-order chi connectivity index (χ0) is 11.5. The Balaban J connectivity index is 2.47. The summed E-state index contributed by atoms with van der Waals surface area (Å²) >= 11 is 0. The van der Waals surface area contributed by atoms with Crippen LogP contribution >= 0.6 is 0 Å². The van der Waals surface area contributed by atoms with Crippen LogP contribution in [-0.4, -0.2) is 21.3 Å². The molecule has 6 nitrogen and oxygen atoms in total. The van der Waals surface area contributed by atoms with Gasteiger partial charge in [0.05, 0.1) is 5.52 Å². The second kappa shape index (κ2) is 4.04. The van der Waals surface area contributed by atoms with Crippen molar-refractivity contribution in [1.29, 1.82) is 0 Å². The molecular weight excluding hydrogens is 208 g/mol. The van der Waals surface area contributed by atoms with Crippen molar-refractivity contribution in [2.75, 3.05) is 6.54 Å². The van der Waals surface area contributed by atoms with E-state index in [-0.39, 0.29) is 11.5 Å². The number of benzene rings is 1. The van der Waals surface area contributed by atoms with Gasteiger partial charge >= 0.3 is 0 Å².